The van der Waals surface area contributed by atoms with E-state index in [-0.39, 0.29) is 12.2 Å². The summed E-state index contributed by atoms with van der Waals surface area (Å²) in [6.07, 6.45) is 0.316. The summed E-state index contributed by atoms with van der Waals surface area (Å²) in [4.78, 5) is 21.7. The molecule has 0 aliphatic carbocycles. The van der Waals surface area contributed by atoms with Crippen molar-refractivity contribution in [2.75, 3.05) is 6.61 Å². The van der Waals surface area contributed by atoms with Gasteiger partial charge in [0.15, 0.2) is 0 Å². The van der Waals surface area contributed by atoms with Crippen LogP contribution in [-0.4, -0.2) is 28.1 Å². The van der Waals surface area contributed by atoms with Gasteiger partial charge < -0.3 is 10.4 Å². The molecule has 1 aromatic carbocycles. The van der Waals surface area contributed by atoms with Crippen LogP contribution in [-0.2, 0) is 0 Å². The topological polar surface area (TPSA) is 92.5 Å². The molecule has 104 valence electrons. The second-order valence-electron chi connectivity index (χ2n) is 4.77. The first kappa shape index (κ1) is 15.0. The molecule has 0 aliphatic rings. The van der Waals surface area contributed by atoms with Crippen LogP contribution in [0, 0.1) is 15.9 Å². The summed E-state index contributed by atoms with van der Waals surface area (Å²) in [5.41, 5.74) is -1.30. The van der Waals surface area contributed by atoms with E-state index in [0.717, 1.165) is 18.2 Å². The zero-order chi connectivity index (χ0) is 14.6. The molecular weight excluding hydrogens is 255 g/mol. The SMILES string of the molecule is CC(C)(CCO)NC(=O)c1cc(F)cc([N+](=O)[O-])c1. The molecule has 2 N–H and O–H groups in total. The van der Waals surface area contributed by atoms with Gasteiger partial charge in [-0.05, 0) is 26.3 Å². The lowest BCUT2D eigenvalue weighted by Gasteiger charge is -2.25. The Balaban J connectivity index is 2.97. The van der Waals surface area contributed by atoms with Crippen LogP contribution in [0.15, 0.2) is 18.2 Å². The predicted molar refractivity (Wildman–Crippen MR) is 66.3 cm³/mol. The molecule has 0 aliphatic heterocycles. The van der Waals surface area contributed by atoms with Gasteiger partial charge in [-0.1, -0.05) is 0 Å². The van der Waals surface area contributed by atoms with E-state index in [1.165, 1.54) is 0 Å². The third-order valence-electron chi connectivity index (χ3n) is 2.54. The van der Waals surface area contributed by atoms with Crippen molar-refractivity contribution in [2.45, 2.75) is 25.8 Å². The average molecular weight is 270 g/mol. The van der Waals surface area contributed by atoms with Crippen molar-refractivity contribution in [2.24, 2.45) is 0 Å². The number of nitrogens with one attached hydrogen (secondary N) is 1. The number of nitro benzene ring substituents is 1. The van der Waals surface area contributed by atoms with Gasteiger partial charge in [0, 0.05) is 23.8 Å². The van der Waals surface area contributed by atoms with Gasteiger partial charge in [0.05, 0.1) is 11.0 Å². The van der Waals surface area contributed by atoms with Gasteiger partial charge in [0.25, 0.3) is 11.6 Å². The first-order valence-corrected chi connectivity index (χ1v) is 5.63. The Morgan fingerprint density at radius 2 is 2.11 bits per heavy atom. The number of halogens is 1. The third kappa shape index (κ3) is 4.29. The van der Waals surface area contributed by atoms with E-state index in [1.54, 1.807) is 13.8 Å². The number of aliphatic hydroxyl groups excluding tert-OH is 1. The maximum absolute atomic E-state index is 13.2. The van der Waals surface area contributed by atoms with Crippen molar-refractivity contribution in [3.8, 4) is 0 Å². The van der Waals surface area contributed by atoms with Crippen molar-refractivity contribution < 1.29 is 19.2 Å². The zero-order valence-electron chi connectivity index (χ0n) is 10.6. The van der Waals surface area contributed by atoms with Crippen LogP contribution in [0.3, 0.4) is 0 Å². The van der Waals surface area contributed by atoms with Crippen LogP contribution in [0.1, 0.15) is 30.6 Å². The standard InChI is InChI=1S/C12H15FN2O4/c1-12(2,3-4-16)14-11(17)8-5-9(13)7-10(6-8)15(18)19/h5-7,16H,3-4H2,1-2H3,(H,14,17). The number of rotatable bonds is 5. The Morgan fingerprint density at radius 3 is 2.63 bits per heavy atom. The Hall–Kier alpha value is -2.02. The van der Waals surface area contributed by atoms with Gasteiger partial charge in [-0.3, -0.25) is 14.9 Å². The quantitative estimate of drug-likeness (QED) is 0.628. The molecule has 0 aromatic heterocycles. The molecule has 0 saturated carbocycles. The summed E-state index contributed by atoms with van der Waals surface area (Å²) < 4.78 is 13.2. The van der Waals surface area contributed by atoms with Crippen LogP contribution < -0.4 is 5.32 Å². The molecule has 0 bridgehead atoms. The van der Waals surface area contributed by atoms with E-state index in [2.05, 4.69) is 5.32 Å². The smallest absolute Gasteiger partial charge is 0.273 e. The maximum atomic E-state index is 13.2. The van der Waals surface area contributed by atoms with E-state index in [4.69, 9.17) is 5.11 Å². The van der Waals surface area contributed by atoms with Crippen molar-refractivity contribution in [1.29, 1.82) is 0 Å². The summed E-state index contributed by atoms with van der Waals surface area (Å²) >= 11 is 0. The van der Waals surface area contributed by atoms with Gasteiger partial charge in [-0.25, -0.2) is 4.39 Å². The summed E-state index contributed by atoms with van der Waals surface area (Å²) in [5, 5.41) is 22.0. The highest BCUT2D eigenvalue weighted by Gasteiger charge is 2.22. The van der Waals surface area contributed by atoms with Crippen molar-refractivity contribution in [3.05, 3.63) is 39.7 Å². The number of amides is 1. The van der Waals surface area contributed by atoms with Gasteiger partial charge >= 0.3 is 0 Å². The lowest BCUT2D eigenvalue weighted by Crippen LogP contribution is -2.44. The van der Waals surface area contributed by atoms with Crippen molar-refractivity contribution >= 4 is 11.6 Å². The van der Waals surface area contributed by atoms with Crippen molar-refractivity contribution in [3.63, 3.8) is 0 Å². The monoisotopic (exact) mass is 270 g/mol. The number of aliphatic hydroxyl groups is 1. The normalized spacial score (nSPS) is 11.2. The van der Waals surface area contributed by atoms with E-state index < -0.39 is 27.9 Å². The van der Waals surface area contributed by atoms with E-state index in [0.29, 0.717) is 6.42 Å². The Morgan fingerprint density at radius 1 is 1.47 bits per heavy atom. The number of benzene rings is 1. The second-order valence-corrected chi connectivity index (χ2v) is 4.77. The largest absolute Gasteiger partial charge is 0.396 e. The Bertz CT molecular complexity index is 503. The molecule has 1 rings (SSSR count). The van der Waals surface area contributed by atoms with Crippen LogP contribution in [0.4, 0.5) is 10.1 Å². The Labute approximate surface area is 109 Å². The minimum Gasteiger partial charge on any atom is -0.396 e. The number of carbonyl (C=O) groups is 1. The number of nitro groups is 1. The lowest BCUT2D eigenvalue weighted by atomic mass is 10.0. The van der Waals surface area contributed by atoms with E-state index in [1.807, 2.05) is 0 Å². The van der Waals surface area contributed by atoms with E-state index in [9.17, 15) is 19.3 Å². The summed E-state index contributed by atoms with van der Waals surface area (Å²) in [6, 6.07) is 2.68. The maximum Gasteiger partial charge on any atom is 0.273 e. The molecule has 0 radical (unpaired) electrons. The van der Waals surface area contributed by atoms with Crippen LogP contribution >= 0.6 is 0 Å². The number of hydrogen-bond acceptors (Lipinski definition) is 4. The fourth-order valence-electron chi connectivity index (χ4n) is 1.53. The predicted octanol–water partition coefficient (Wildman–Crippen LogP) is 1.62. The molecule has 0 spiro atoms. The minimum atomic E-state index is -0.848. The number of nitrogens with zero attached hydrogens (tertiary/aromatic N) is 1. The highest BCUT2D eigenvalue weighted by molar-refractivity contribution is 5.95. The summed E-state index contributed by atoms with van der Waals surface area (Å²) in [5.74, 6) is -1.47. The fraction of sp³-hybridized carbons (Fsp3) is 0.417. The highest BCUT2D eigenvalue weighted by atomic mass is 19.1. The number of carbonyl (C=O) groups excluding carboxylic acids is 1. The summed E-state index contributed by atoms with van der Waals surface area (Å²) in [7, 11) is 0. The minimum absolute atomic E-state index is 0.115. The van der Waals surface area contributed by atoms with E-state index >= 15 is 0 Å². The molecule has 1 amide bonds. The fourth-order valence-corrected chi connectivity index (χ4v) is 1.53. The third-order valence-corrected chi connectivity index (χ3v) is 2.54. The molecule has 19 heavy (non-hydrogen) atoms. The first-order valence-electron chi connectivity index (χ1n) is 5.63. The van der Waals surface area contributed by atoms with Gasteiger partial charge in [0.1, 0.15) is 5.82 Å². The molecule has 1 aromatic rings. The zero-order valence-corrected chi connectivity index (χ0v) is 10.6. The molecule has 7 heteroatoms. The molecule has 6 nitrogen and oxygen atoms in total. The average Bonchev–Trinajstić information content (AvgIpc) is 2.27. The van der Waals surface area contributed by atoms with Crippen molar-refractivity contribution in [1.82, 2.24) is 5.32 Å². The number of non-ortho nitro benzene ring substituents is 1. The van der Waals surface area contributed by atoms with Gasteiger partial charge in [-0.2, -0.15) is 0 Å². The molecule has 0 saturated heterocycles. The molecule has 0 atom stereocenters. The second kappa shape index (κ2) is 5.75. The van der Waals surface area contributed by atoms with Gasteiger partial charge in [0.2, 0.25) is 0 Å². The van der Waals surface area contributed by atoms with Crippen LogP contribution in [0.2, 0.25) is 0 Å². The van der Waals surface area contributed by atoms with Gasteiger partial charge in [-0.15, -0.1) is 0 Å². The van der Waals surface area contributed by atoms with Crippen LogP contribution in [0.25, 0.3) is 0 Å². The lowest BCUT2D eigenvalue weighted by molar-refractivity contribution is -0.385. The highest BCUT2D eigenvalue weighted by Crippen LogP contribution is 2.17. The molecule has 0 heterocycles. The Kier molecular flexibility index (Phi) is 4.55. The first-order chi connectivity index (χ1) is 8.75. The molecule has 0 unspecified atom stereocenters. The van der Waals surface area contributed by atoms with Crippen LogP contribution in [0.5, 0.6) is 0 Å². The summed E-state index contributed by atoms with van der Waals surface area (Å²) in [6.45, 7) is 3.26. The molecular formula is C12H15FN2O4. The molecule has 0 fully saturated rings. The number of hydrogen-bond donors (Lipinski definition) is 2.